The molecule has 1 unspecified atom stereocenters. The van der Waals surface area contributed by atoms with E-state index in [2.05, 4.69) is 22.3 Å². The zero-order valence-electron chi connectivity index (χ0n) is 9.06. The lowest BCUT2D eigenvalue weighted by Gasteiger charge is -1.96. The number of aromatic nitrogens is 2. The highest BCUT2D eigenvalue weighted by molar-refractivity contribution is 6.20. The van der Waals surface area contributed by atoms with E-state index in [0.717, 1.165) is 12.8 Å². The second-order valence-electron chi connectivity index (χ2n) is 3.65. The van der Waals surface area contributed by atoms with E-state index >= 15 is 0 Å². The van der Waals surface area contributed by atoms with Crippen LogP contribution in [-0.4, -0.2) is 10.1 Å². The maximum atomic E-state index is 5.84. The summed E-state index contributed by atoms with van der Waals surface area (Å²) in [5.41, 5.74) is 1.27. The third-order valence-corrected chi connectivity index (χ3v) is 2.49. The van der Waals surface area contributed by atoms with Crippen LogP contribution in [0.25, 0.3) is 0 Å². The molecule has 1 atom stereocenters. The van der Waals surface area contributed by atoms with Gasteiger partial charge in [0.1, 0.15) is 5.38 Å². The fraction of sp³-hybridized carbons (Fsp3) is 0.333. The Morgan fingerprint density at radius 2 is 2.00 bits per heavy atom. The maximum Gasteiger partial charge on any atom is 0.244 e. The summed E-state index contributed by atoms with van der Waals surface area (Å²) in [6, 6.07) is 10.2. The molecule has 2 aromatic rings. The predicted octanol–water partition coefficient (Wildman–Crippen LogP) is 3.15. The van der Waals surface area contributed by atoms with E-state index in [-0.39, 0.29) is 5.38 Å². The molecule has 0 spiro atoms. The van der Waals surface area contributed by atoms with Crippen LogP contribution in [0.15, 0.2) is 34.9 Å². The Hall–Kier alpha value is -1.35. The summed E-state index contributed by atoms with van der Waals surface area (Å²) in [7, 11) is 0. The molecule has 0 bridgehead atoms. The lowest BCUT2D eigenvalue weighted by atomic mass is 10.1. The van der Waals surface area contributed by atoms with Gasteiger partial charge in [0.25, 0.3) is 0 Å². The van der Waals surface area contributed by atoms with E-state index in [1.807, 2.05) is 25.1 Å². The summed E-state index contributed by atoms with van der Waals surface area (Å²) >= 11 is 5.84. The van der Waals surface area contributed by atoms with Crippen LogP contribution < -0.4 is 0 Å². The Balaban J connectivity index is 1.95. The Bertz CT molecular complexity index is 439. The molecule has 0 aliphatic carbocycles. The number of aryl methyl sites for hydroxylation is 2. The van der Waals surface area contributed by atoms with Crippen molar-refractivity contribution in [3.8, 4) is 0 Å². The van der Waals surface area contributed by atoms with Crippen LogP contribution in [0, 0.1) is 0 Å². The van der Waals surface area contributed by atoms with Gasteiger partial charge < -0.3 is 4.52 Å². The number of nitrogens with zero attached hydrogens (tertiary/aromatic N) is 2. The van der Waals surface area contributed by atoms with Crippen molar-refractivity contribution in [3.63, 3.8) is 0 Å². The van der Waals surface area contributed by atoms with Crippen molar-refractivity contribution in [2.24, 2.45) is 0 Å². The summed E-state index contributed by atoms with van der Waals surface area (Å²) in [5, 5.41) is 3.66. The number of hydrogen-bond acceptors (Lipinski definition) is 3. The lowest BCUT2D eigenvalue weighted by Crippen LogP contribution is -1.93. The first-order valence-corrected chi connectivity index (χ1v) is 5.70. The van der Waals surface area contributed by atoms with Gasteiger partial charge in [0.05, 0.1) is 0 Å². The quantitative estimate of drug-likeness (QED) is 0.766. The molecule has 0 aliphatic rings. The van der Waals surface area contributed by atoms with Crippen LogP contribution >= 0.6 is 11.6 Å². The minimum Gasteiger partial charge on any atom is -0.338 e. The average Bonchev–Trinajstić information content (AvgIpc) is 2.76. The molecule has 0 fully saturated rings. The van der Waals surface area contributed by atoms with E-state index in [4.69, 9.17) is 16.1 Å². The van der Waals surface area contributed by atoms with Crippen LogP contribution in [0.3, 0.4) is 0 Å². The van der Waals surface area contributed by atoms with E-state index in [1.54, 1.807) is 0 Å². The van der Waals surface area contributed by atoms with Gasteiger partial charge in [0, 0.05) is 6.42 Å². The maximum absolute atomic E-state index is 5.84. The Kier molecular flexibility index (Phi) is 3.57. The standard InChI is InChI=1S/C12H13ClN2O/c1-9(13)12-14-11(15-16-12)8-7-10-5-3-2-4-6-10/h2-6,9H,7-8H2,1H3. The third-order valence-electron chi connectivity index (χ3n) is 2.30. The third kappa shape index (κ3) is 2.83. The van der Waals surface area contributed by atoms with Crippen molar-refractivity contribution in [1.82, 2.24) is 10.1 Å². The van der Waals surface area contributed by atoms with Gasteiger partial charge in [-0.25, -0.2) is 0 Å². The van der Waals surface area contributed by atoms with Crippen LogP contribution in [0.4, 0.5) is 0 Å². The molecular formula is C12H13ClN2O. The van der Waals surface area contributed by atoms with Crippen molar-refractivity contribution in [2.45, 2.75) is 25.1 Å². The number of rotatable bonds is 4. The van der Waals surface area contributed by atoms with Crippen molar-refractivity contribution >= 4 is 11.6 Å². The van der Waals surface area contributed by atoms with E-state index in [1.165, 1.54) is 5.56 Å². The van der Waals surface area contributed by atoms with E-state index in [0.29, 0.717) is 11.7 Å². The van der Waals surface area contributed by atoms with Crippen LogP contribution in [0.1, 0.15) is 29.6 Å². The molecule has 0 aliphatic heterocycles. The molecule has 1 aromatic carbocycles. The number of benzene rings is 1. The molecule has 0 saturated carbocycles. The zero-order chi connectivity index (χ0) is 11.4. The molecule has 84 valence electrons. The highest BCUT2D eigenvalue weighted by Crippen LogP contribution is 2.16. The molecule has 0 radical (unpaired) electrons. The minimum atomic E-state index is -0.224. The SMILES string of the molecule is CC(Cl)c1nc(CCc2ccccc2)no1. The zero-order valence-corrected chi connectivity index (χ0v) is 9.81. The van der Waals surface area contributed by atoms with Crippen molar-refractivity contribution in [2.75, 3.05) is 0 Å². The van der Waals surface area contributed by atoms with Crippen LogP contribution in [-0.2, 0) is 12.8 Å². The molecule has 0 amide bonds. The fourth-order valence-corrected chi connectivity index (χ4v) is 1.52. The van der Waals surface area contributed by atoms with Crippen molar-refractivity contribution in [3.05, 3.63) is 47.6 Å². The van der Waals surface area contributed by atoms with Gasteiger partial charge in [0.15, 0.2) is 5.82 Å². The van der Waals surface area contributed by atoms with Crippen LogP contribution in [0.2, 0.25) is 0 Å². The highest BCUT2D eigenvalue weighted by atomic mass is 35.5. The van der Waals surface area contributed by atoms with E-state index in [9.17, 15) is 0 Å². The molecule has 0 saturated heterocycles. The van der Waals surface area contributed by atoms with Crippen molar-refractivity contribution < 1.29 is 4.52 Å². The molecular weight excluding hydrogens is 224 g/mol. The van der Waals surface area contributed by atoms with Gasteiger partial charge in [-0.15, -0.1) is 11.6 Å². The fourth-order valence-electron chi connectivity index (χ4n) is 1.43. The molecule has 1 aromatic heterocycles. The largest absolute Gasteiger partial charge is 0.338 e. The average molecular weight is 237 g/mol. The molecule has 1 heterocycles. The number of alkyl halides is 1. The van der Waals surface area contributed by atoms with Crippen LogP contribution in [0.5, 0.6) is 0 Å². The van der Waals surface area contributed by atoms with E-state index < -0.39 is 0 Å². The first-order chi connectivity index (χ1) is 7.75. The Labute approximate surface area is 99.4 Å². The first kappa shape index (κ1) is 11.1. The Morgan fingerprint density at radius 3 is 2.62 bits per heavy atom. The molecule has 2 rings (SSSR count). The summed E-state index contributed by atoms with van der Waals surface area (Å²) in [6.45, 7) is 1.82. The topological polar surface area (TPSA) is 38.9 Å². The van der Waals surface area contributed by atoms with Gasteiger partial charge in [0.2, 0.25) is 5.89 Å². The molecule has 16 heavy (non-hydrogen) atoms. The second-order valence-corrected chi connectivity index (χ2v) is 4.31. The second kappa shape index (κ2) is 5.12. The number of halogens is 1. The molecule has 4 heteroatoms. The monoisotopic (exact) mass is 236 g/mol. The summed E-state index contributed by atoms with van der Waals surface area (Å²) < 4.78 is 5.02. The molecule has 0 N–H and O–H groups in total. The summed E-state index contributed by atoms with van der Waals surface area (Å²) in [4.78, 5) is 4.22. The highest BCUT2D eigenvalue weighted by Gasteiger charge is 2.10. The van der Waals surface area contributed by atoms with Gasteiger partial charge in [-0.05, 0) is 18.9 Å². The predicted molar refractivity (Wildman–Crippen MR) is 62.4 cm³/mol. The van der Waals surface area contributed by atoms with Gasteiger partial charge >= 0.3 is 0 Å². The van der Waals surface area contributed by atoms with Gasteiger partial charge in [-0.1, -0.05) is 35.5 Å². The normalized spacial score (nSPS) is 12.6. The minimum absolute atomic E-state index is 0.224. The smallest absolute Gasteiger partial charge is 0.244 e. The Morgan fingerprint density at radius 1 is 1.25 bits per heavy atom. The first-order valence-electron chi connectivity index (χ1n) is 5.26. The summed E-state index contributed by atoms with van der Waals surface area (Å²) in [6.07, 6.45) is 1.69. The molecule has 3 nitrogen and oxygen atoms in total. The lowest BCUT2D eigenvalue weighted by molar-refractivity contribution is 0.373. The summed E-state index contributed by atoms with van der Waals surface area (Å²) in [5.74, 6) is 1.20. The van der Waals surface area contributed by atoms with Gasteiger partial charge in [-0.3, -0.25) is 0 Å². The van der Waals surface area contributed by atoms with Gasteiger partial charge in [-0.2, -0.15) is 4.98 Å². The number of hydrogen-bond donors (Lipinski definition) is 0. The van der Waals surface area contributed by atoms with Crippen molar-refractivity contribution in [1.29, 1.82) is 0 Å².